The van der Waals surface area contributed by atoms with E-state index in [0.29, 0.717) is 0 Å². The number of benzene rings is 1. The summed E-state index contributed by atoms with van der Waals surface area (Å²) >= 11 is 0. The highest BCUT2D eigenvalue weighted by Crippen LogP contribution is 2.29. The van der Waals surface area contributed by atoms with Crippen LogP contribution in [0, 0.1) is 0 Å². The van der Waals surface area contributed by atoms with Crippen LogP contribution in [0.5, 0.6) is 0 Å². The molecule has 0 heterocycles. The van der Waals surface area contributed by atoms with Gasteiger partial charge in [0, 0.05) is 5.54 Å². The van der Waals surface area contributed by atoms with Crippen LogP contribution in [0.25, 0.3) is 0 Å². The van der Waals surface area contributed by atoms with Crippen LogP contribution in [-0.4, -0.2) is 30.1 Å². The van der Waals surface area contributed by atoms with Crippen LogP contribution in [0.15, 0.2) is 24.3 Å². The van der Waals surface area contributed by atoms with Gasteiger partial charge in [0.15, 0.2) is 6.61 Å². The first-order chi connectivity index (χ1) is 11.4. The van der Waals surface area contributed by atoms with Crippen LogP contribution in [-0.2, 0) is 26.9 Å². The third-order valence-corrected chi connectivity index (χ3v) is 2.71. The number of hydrogen-bond donors (Lipinski definition) is 2. The number of esters is 1. The third kappa shape index (κ3) is 8.18. The minimum absolute atomic E-state index is 0.103. The molecule has 0 aliphatic rings. The van der Waals surface area contributed by atoms with E-state index in [1.165, 1.54) is 12.1 Å². The Morgan fingerprint density at radius 2 is 1.76 bits per heavy atom. The SMILES string of the molecule is CC(C)(C)NC(=O)NC(=O)COC(=O)Cc1cccc(C(F)(F)F)c1. The second kappa shape index (κ2) is 8.00. The van der Waals surface area contributed by atoms with Crippen molar-refractivity contribution in [1.82, 2.24) is 10.6 Å². The van der Waals surface area contributed by atoms with Gasteiger partial charge in [-0.2, -0.15) is 13.2 Å². The van der Waals surface area contributed by atoms with Gasteiger partial charge in [0.2, 0.25) is 0 Å². The molecule has 6 nitrogen and oxygen atoms in total. The molecule has 0 aliphatic carbocycles. The molecule has 0 saturated carbocycles. The summed E-state index contributed by atoms with van der Waals surface area (Å²) in [6.07, 6.45) is -4.94. The molecule has 1 rings (SSSR count). The third-order valence-electron chi connectivity index (χ3n) is 2.71. The molecule has 0 aliphatic heterocycles. The minimum atomic E-state index is -4.51. The fraction of sp³-hybridized carbons (Fsp3) is 0.438. The molecule has 25 heavy (non-hydrogen) atoms. The molecule has 0 aromatic heterocycles. The molecular weight excluding hydrogens is 341 g/mol. The van der Waals surface area contributed by atoms with E-state index < -0.39 is 48.2 Å². The Kier molecular flexibility index (Phi) is 6.55. The van der Waals surface area contributed by atoms with Crippen LogP contribution < -0.4 is 10.6 Å². The van der Waals surface area contributed by atoms with Crippen LogP contribution in [0.4, 0.5) is 18.0 Å². The van der Waals surface area contributed by atoms with E-state index in [2.05, 4.69) is 10.1 Å². The molecule has 0 radical (unpaired) electrons. The zero-order valence-electron chi connectivity index (χ0n) is 14.0. The number of hydrogen-bond acceptors (Lipinski definition) is 4. The predicted octanol–water partition coefficient (Wildman–Crippen LogP) is 2.42. The lowest BCUT2D eigenvalue weighted by molar-refractivity contribution is -0.147. The van der Waals surface area contributed by atoms with Crippen molar-refractivity contribution in [2.24, 2.45) is 0 Å². The minimum Gasteiger partial charge on any atom is -0.455 e. The first kappa shape index (κ1) is 20.5. The Hall–Kier alpha value is -2.58. The first-order valence-corrected chi connectivity index (χ1v) is 7.30. The van der Waals surface area contributed by atoms with Gasteiger partial charge in [-0.15, -0.1) is 0 Å². The Balaban J connectivity index is 2.48. The topological polar surface area (TPSA) is 84.5 Å². The Bertz CT molecular complexity index is 652. The standard InChI is InChI=1S/C16H19F3N2O4/c1-15(2,3)21-14(24)20-12(22)9-25-13(23)8-10-5-4-6-11(7-10)16(17,18)19/h4-7H,8-9H2,1-3H3,(H2,20,21,22,24). The van der Waals surface area contributed by atoms with E-state index in [4.69, 9.17) is 0 Å². The molecular formula is C16H19F3N2O4. The van der Waals surface area contributed by atoms with Crippen molar-refractivity contribution in [1.29, 1.82) is 0 Å². The summed E-state index contributed by atoms with van der Waals surface area (Å²) in [4.78, 5) is 34.5. The van der Waals surface area contributed by atoms with Gasteiger partial charge in [-0.1, -0.05) is 18.2 Å². The molecule has 0 saturated heterocycles. The van der Waals surface area contributed by atoms with Gasteiger partial charge in [0.05, 0.1) is 12.0 Å². The first-order valence-electron chi connectivity index (χ1n) is 7.30. The van der Waals surface area contributed by atoms with Crippen molar-refractivity contribution in [3.8, 4) is 0 Å². The molecule has 0 bridgehead atoms. The fourth-order valence-electron chi connectivity index (χ4n) is 1.76. The number of amides is 3. The number of urea groups is 1. The Morgan fingerprint density at radius 1 is 1.12 bits per heavy atom. The van der Waals surface area contributed by atoms with Crippen molar-refractivity contribution in [2.45, 2.75) is 38.9 Å². The molecule has 1 aromatic carbocycles. The number of halogens is 3. The lowest BCUT2D eigenvalue weighted by Gasteiger charge is -2.20. The van der Waals surface area contributed by atoms with E-state index in [-0.39, 0.29) is 5.56 Å². The van der Waals surface area contributed by atoms with Crippen LogP contribution in [0.3, 0.4) is 0 Å². The van der Waals surface area contributed by atoms with Crippen molar-refractivity contribution in [3.05, 3.63) is 35.4 Å². The van der Waals surface area contributed by atoms with E-state index in [0.717, 1.165) is 12.1 Å². The maximum absolute atomic E-state index is 12.6. The summed E-state index contributed by atoms with van der Waals surface area (Å²) in [6, 6.07) is 3.49. The summed E-state index contributed by atoms with van der Waals surface area (Å²) in [5.74, 6) is -1.73. The van der Waals surface area contributed by atoms with E-state index in [1.807, 2.05) is 5.32 Å². The summed E-state index contributed by atoms with van der Waals surface area (Å²) in [5, 5.41) is 4.45. The van der Waals surface area contributed by atoms with Gasteiger partial charge in [-0.05, 0) is 32.4 Å². The van der Waals surface area contributed by atoms with Gasteiger partial charge in [-0.25, -0.2) is 4.79 Å². The maximum atomic E-state index is 12.6. The van der Waals surface area contributed by atoms with Crippen LogP contribution >= 0.6 is 0 Å². The van der Waals surface area contributed by atoms with Gasteiger partial charge in [-0.3, -0.25) is 14.9 Å². The highest BCUT2D eigenvalue weighted by Gasteiger charge is 2.30. The van der Waals surface area contributed by atoms with Crippen molar-refractivity contribution in [2.75, 3.05) is 6.61 Å². The summed E-state index contributed by atoms with van der Waals surface area (Å²) < 4.78 is 42.4. The van der Waals surface area contributed by atoms with Gasteiger partial charge in [0.1, 0.15) is 0 Å². The Labute approximate surface area is 142 Å². The molecule has 9 heteroatoms. The highest BCUT2D eigenvalue weighted by molar-refractivity contribution is 5.95. The molecule has 0 atom stereocenters. The summed E-state index contributed by atoms with van der Waals surface area (Å²) in [7, 11) is 0. The molecule has 2 N–H and O–H groups in total. The number of carbonyl (C=O) groups is 3. The van der Waals surface area contributed by atoms with E-state index in [1.54, 1.807) is 20.8 Å². The number of nitrogens with one attached hydrogen (secondary N) is 2. The van der Waals surface area contributed by atoms with Crippen LogP contribution in [0.1, 0.15) is 31.9 Å². The molecule has 0 spiro atoms. The molecule has 3 amide bonds. The second-order valence-electron chi connectivity index (χ2n) is 6.29. The summed E-state index contributed by atoms with van der Waals surface area (Å²) in [5.41, 5.74) is -1.33. The van der Waals surface area contributed by atoms with Crippen molar-refractivity contribution in [3.63, 3.8) is 0 Å². The lowest BCUT2D eigenvalue weighted by atomic mass is 10.1. The lowest BCUT2D eigenvalue weighted by Crippen LogP contribution is -2.49. The number of ether oxygens (including phenoxy) is 1. The number of alkyl halides is 3. The van der Waals surface area contributed by atoms with Gasteiger partial charge >= 0.3 is 18.2 Å². The van der Waals surface area contributed by atoms with Crippen molar-refractivity contribution < 1.29 is 32.3 Å². The average molecular weight is 360 g/mol. The monoisotopic (exact) mass is 360 g/mol. The second-order valence-corrected chi connectivity index (χ2v) is 6.29. The summed E-state index contributed by atoms with van der Waals surface area (Å²) in [6.45, 7) is 4.43. The molecule has 1 aromatic rings. The fourth-order valence-corrected chi connectivity index (χ4v) is 1.76. The highest BCUT2D eigenvalue weighted by atomic mass is 19.4. The predicted molar refractivity (Wildman–Crippen MR) is 82.5 cm³/mol. The smallest absolute Gasteiger partial charge is 0.416 e. The van der Waals surface area contributed by atoms with Crippen LogP contribution in [0.2, 0.25) is 0 Å². The Morgan fingerprint density at radius 3 is 2.32 bits per heavy atom. The molecule has 0 fully saturated rings. The van der Waals surface area contributed by atoms with Gasteiger partial charge in [0.25, 0.3) is 5.91 Å². The number of imide groups is 1. The van der Waals surface area contributed by atoms with E-state index >= 15 is 0 Å². The van der Waals surface area contributed by atoms with Crippen molar-refractivity contribution >= 4 is 17.9 Å². The number of rotatable bonds is 4. The maximum Gasteiger partial charge on any atom is 0.416 e. The van der Waals surface area contributed by atoms with E-state index in [9.17, 15) is 27.6 Å². The molecule has 138 valence electrons. The number of carbonyl (C=O) groups excluding carboxylic acids is 3. The zero-order valence-corrected chi connectivity index (χ0v) is 14.0. The van der Waals surface area contributed by atoms with Gasteiger partial charge < -0.3 is 10.1 Å². The average Bonchev–Trinajstić information content (AvgIpc) is 2.42. The largest absolute Gasteiger partial charge is 0.455 e. The molecule has 0 unspecified atom stereocenters. The quantitative estimate of drug-likeness (QED) is 0.808. The zero-order chi connectivity index (χ0) is 19.3. The normalized spacial score (nSPS) is 11.6.